The first-order chi connectivity index (χ1) is 8.41. The van der Waals surface area contributed by atoms with Crippen molar-refractivity contribution < 1.29 is 18.0 Å². The van der Waals surface area contributed by atoms with E-state index in [0.717, 1.165) is 0 Å². The second-order valence-corrected chi connectivity index (χ2v) is 6.27. The van der Waals surface area contributed by atoms with Crippen LogP contribution in [0.1, 0.15) is 35.4 Å². The van der Waals surface area contributed by atoms with Gasteiger partial charge >= 0.3 is 6.18 Å². The molecular formula is C12H12BrF3OS. The summed E-state index contributed by atoms with van der Waals surface area (Å²) in [6.07, 6.45) is -2.60. The topological polar surface area (TPSA) is 17.1 Å². The van der Waals surface area contributed by atoms with Gasteiger partial charge in [0.2, 0.25) is 0 Å². The Kier molecular flexibility index (Phi) is 4.16. The molecule has 6 heteroatoms. The summed E-state index contributed by atoms with van der Waals surface area (Å²) in [7, 11) is 0. The zero-order valence-corrected chi connectivity index (χ0v) is 11.9. The first-order valence-corrected chi connectivity index (χ1v) is 7.42. The molecule has 1 aliphatic carbocycles. The minimum atomic E-state index is -4.27. The van der Waals surface area contributed by atoms with Gasteiger partial charge in [-0.15, -0.1) is 11.3 Å². The van der Waals surface area contributed by atoms with E-state index in [0.29, 0.717) is 28.6 Å². The molecule has 1 nitrogen and oxygen atoms in total. The van der Waals surface area contributed by atoms with Crippen LogP contribution in [0.25, 0.3) is 0 Å². The van der Waals surface area contributed by atoms with Gasteiger partial charge < -0.3 is 0 Å². The van der Waals surface area contributed by atoms with E-state index in [-0.39, 0.29) is 12.2 Å². The Balaban J connectivity index is 2.25. The Hall–Kier alpha value is -0.360. The summed E-state index contributed by atoms with van der Waals surface area (Å²) in [5.41, 5.74) is 0. The van der Waals surface area contributed by atoms with Gasteiger partial charge in [-0.3, -0.25) is 4.79 Å². The van der Waals surface area contributed by atoms with Crippen molar-refractivity contribution in [3.8, 4) is 0 Å². The Morgan fingerprint density at radius 1 is 1.33 bits per heavy atom. The van der Waals surface area contributed by atoms with Gasteiger partial charge in [0.15, 0.2) is 5.78 Å². The molecule has 0 bridgehead atoms. The Morgan fingerprint density at radius 2 is 2.00 bits per heavy atom. The number of alkyl halides is 3. The molecule has 100 valence electrons. The number of Topliss-reactive ketones (excluding diaryl/α,β-unsaturated/α-hetero) is 1. The van der Waals surface area contributed by atoms with Crippen molar-refractivity contribution in [1.82, 2.24) is 0 Å². The van der Waals surface area contributed by atoms with Gasteiger partial charge in [0.1, 0.15) is 0 Å². The van der Waals surface area contributed by atoms with Crippen LogP contribution in [0.5, 0.6) is 0 Å². The minimum absolute atomic E-state index is 0.0723. The Bertz CT molecular complexity index is 441. The summed E-state index contributed by atoms with van der Waals surface area (Å²) in [5.74, 6) is -2.75. The smallest absolute Gasteiger partial charge is 0.293 e. The van der Waals surface area contributed by atoms with Gasteiger partial charge in [-0.2, -0.15) is 13.2 Å². The Morgan fingerprint density at radius 3 is 2.56 bits per heavy atom. The average Bonchev–Trinajstić information content (AvgIpc) is 2.73. The molecule has 0 N–H and O–H groups in total. The second-order valence-electron chi connectivity index (χ2n) is 4.50. The van der Waals surface area contributed by atoms with Crippen LogP contribution in [0.2, 0.25) is 0 Å². The van der Waals surface area contributed by atoms with E-state index in [1.807, 2.05) is 0 Å². The molecule has 0 saturated heterocycles. The summed E-state index contributed by atoms with van der Waals surface area (Å²) in [6, 6.07) is 1.70. The molecule has 2 atom stereocenters. The molecule has 1 aromatic heterocycles. The van der Waals surface area contributed by atoms with Crippen LogP contribution < -0.4 is 0 Å². The van der Waals surface area contributed by atoms with E-state index >= 15 is 0 Å². The molecule has 0 amide bonds. The van der Waals surface area contributed by atoms with Crippen LogP contribution in [-0.2, 0) is 0 Å². The second kappa shape index (κ2) is 5.33. The van der Waals surface area contributed by atoms with Crippen molar-refractivity contribution in [2.45, 2.75) is 31.9 Å². The number of hydrogen-bond acceptors (Lipinski definition) is 2. The van der Waals surface area contributed by atoms with Crippen molar-refractivity contribution in [1.29, 1.82) is 0 Å². The zero-order valence-electron chi connectivity index (χ0n) is 9.47. The average molecular weight is 341 g/mol. The van der Waals surface area contributed by atoms with Crippen LogP contribution in [0.3, 0.4) is 0 Å². The van der Waals surface area contributed by atoms with Gasteiger partial charge in [0.05, 0.1) is 10.8 Å². The van der Waals surface area contributed by atoms with Crippen molar-refractivity contribution >= 4 is 33.0 Å². The van der Waals surface area contributed by atoms with Crippen LogP contribution in [0, 0.1) is 11.8 Å². The molecule has 0 radical (unpaired) electrons. The maximum absolute atomic E-state index is 12.9. The fourth-order valence-corrected chi connectivity index (χ4v) is 4.05. The summed E-state index contributed by atoms with van der Waals surface area (Å²) in [6.45, 7) is 0. The van der Waals surface area contributed by atoms with Crippen LogP contribution in [-0.4, -0.2) is 12.0 Å². The van der Waals surface area contributed by atoms with Gasteiger partial charge in [-0.25, -0.2) is 0 Å². The lowest BCUT2D eigenvalue weighted by Gasteiger charge is -2.31. The van der Waals surface area contributed by atoms with Crippen molar-refractivity contribution in [2.75, 3.05) is 0 Å². The van der Waals surface area contributed by atoms with Gasteiger partial charge in [0, 0.05) is 10.4 Å². The lowest BCUT2D eigenvalue weighted by atomic mass is 9.76. The molecule has 1 fully saturated rings. The largest absolute Gasteiger partial charge is 0.392 e. The highest BCUT2D eigenvalue weighted by atomic mass is 79.9. The highest BCUT2D eigenvalue weighted by Crippen LogP contribution is 2.43. The minimum Gasteiger partial charge on any atom is -0.293 e. The predicted octanol–water partition coefficient (Wildman–Crippen LogP) is 5.06. The molecule has 1 saturated carbocycles. The van der Waals surface area contributed by atoms with Crippen molar-refractivity contribution in [3.63, 3.8) is 0 Å². The van der Waals surface area contributed by atoms with Crippen LogP contribution in [0.15, 0.2) is 15.9 Å². The molecule has 2 rings (SSSR count). The fourth-order valence-electron chi connectivity index (χ4n) is 2.47. The summed E-state index contributed by atoms with van der Waals surface area (Å²) >= 11 is 4.41. The zero-order chi connectivity index (χ0) is 13.3. The highest BCUT2D eigenvalue weighted by Gasteiger charge is 2.48. The predicted molar refractivity (Wildman–Crippen MR) is 67.9 cm³/mol. The molecular weight excluding hydrogens is 329 g/mol. The van der Waals surface area contributed by atoms with Gasteiger partial charge in [-0.1, -0.05) is 12.8 Å². The monoisotopic (exact) mass is 340 g/mol. The highest BCUT2D eigenvalue weighted by molar-refractivity contribution is 9.10. The number of thiophene rings is 1. The first kappa shape index (κ1) is 14.1. The third-order valence-electron chi connectivity index (χ3n) is 3.36. The molecule has 0 aliphatic heterocycles. The summed E-state index contributed by atoms with van der Waals surface area (Å²) < 4.78 is 39.4. The molecule has 0 spiro atoms. The van der Waals surface area contributed by atoms with E-state index in [9.17, 15) is 18.0 Å². The maximum Gasteiger partial charge on any atom is 0.392 e. The summed E-state index contributed by atoms with van der Waals surface area (Å²) in [5, 5.41) is 1.71. The normalized spacial score (nSPS) is 25.1. The third-order valence-corrected chi connectivity index (χ3v) is 5.22. The van der Waals surface area contributed by atoms with E-state index in [1.54, 1.807) is 11.4 Å². The number of ketones is 1. The Labute approximate surface area is 116 Å². The molecule has 1 aliphatic rings. The van der Waals surface area contributed by atoms with Crippen molar-refractivity contribution in [2.24, 2.45) is 11.8 Å². The summed E-state index contributed by atoms with van der Waals surface area (Å²) in [4.78, 5) is 12.6. The quantitative estimate of drug-likeness (QED) is 0.687. The number of carbonyl (C=O) groups is 1. The van der Waals surface area contributed by atoms with Crippen LogP contribution in [0.4, 0.5) is 13.2 Å². The van der Waals surface area contributed by atoms with E-state index < -0.39 is 18.0 Å². The van der Waals surface area contributed by atoms with Crippen molar-refractivity contribution in [3.05, 3.63) is 20.8 Å². The lowest BCUT2D eigenvalue weighted by Crippen LogP contribution is -2.37. The van der Waals surface area contributed by atoms with Gasteiger partial charge in [0.25, 0.3) is 0 Å². The lowest BCUT2D eigenvalue weighted by molar-refractivity contribution is -0.190. The third kappa shape index (κ3) is 2.79. The van der Waals surface area contributed by atoms with E-state index in [1.165, 1.54) is 11.3 Å². The van der Waals surface area contributed by atoms with Crippen LogP contribution >= 0.6 is 27.3 Å². The molecule has 1 heterocycles. The number of rotatable bonds is 2. The van der Waals surface area contributed by atoms with Gasteiger partial charge in [-0.05, 0) is 40.2 Å². The molecule has 2 unspecified atom stereocenters. The standard InChI is InChI=1S/C12H12BrF3OS/c13-9-5-6-18-11(9)10(17)7-3-1-2-4-8(7)12(14,15)16/h5-8H,1-4H2. The molecule has 0 aromatic carbocycles. The number of halogens is 4. The van der Waals surface area contributed by atoms with E-state index in [2.05, 4.69) is 15.9 Å². The van der Waals surface area contributed by atoms with E-state index in [4.69, 9.17) is 0 Å². The fraction of sp³-hybridized carbons (Fsp3) is 0.583. The number of hydrogen-bond donors (Lipinski definition) is 0. The first-order valence-electron chi connectivity index (χ1n) is 5.75. The maximum atomic E-state index is 12.9. The SMILES string of the molecule is O=C(c1sccc1Br)C1CCCCC1C(F)(F)F. The number of carbonyl (C=O) groups excluding carboxylic acids is 1. The molecule has 18 heavy (non-hydrogen) atoms. The molecule has 1 aromatic rings.